The van der Waals surface area contributed by atoms with Crippen molar-refractivity contribution < 1.29 is 24.2 Å². The Labute approximate surface area is 162 Å². The first-order chi connectivity index (χ1) is 12.5. The molecule has 2 aliphatic rings. The van der Waals surface area contributed by atoms with E-state index in [0.29, 0.717) is 19.5 Å². The first-order valence-corrected chi connectivity index (χ1v) is 9.86. The molecule has 27 heavy (non-hydrogen) atoms. The number of esters is 1. The number of anilines is 1. The van der Waals surface area contributed by atoms with E-state index in [1.54, 1.807) is 18.7 Å². The summed E-state index contributed by atoms with van der Waals surface area (Å²) in [5, 5.41) is 14.5. The summed E-state index contributed by atoms with van der Waals surface area (Å²) < 4.78 is 10.6. The molecule has 1 aromatic heterocycles. The molecule has 0 bridgehead atoms. The van der Waals surface area contributed by atoms with E-state index < -0.39 is 17.1 Å². The van der Waals surface area contributed by atoms with Gasteiger partial charge in [-0.15, -0.1) is 11.3 Å². The first-order valence-electron chi connectivity index (χ1n) is 9.04. The molecule has 2 N–H and O–H groups in total. The predicted molar refractivity (Wildman–Crippen MR) is 104 cm³/mol. The Hall–Kier alpha value is -2.22. The van der Waals surface area contributed by atoms with E-state index in [0.717, 1.165) is 21.0 Å². The van der Waals surface area contributed by atoms with E-state index in [2.05, 4.69) is 5.32 Å². The van der Waals surface area contributed by atoms with Gasteiger partial charge in [0.1, 0.15) is 16.4 Å². The summed E-state index contributed by atoms with van der Waals surface area (Å²) in [4.78, 5) is 27.3. The number of ether oxygens (including phenoxy) is 2. The van der Waals surface area contributed by atoms with Gasteiger partial charge in [-0.3, -0.25) is 0 Å². The number of aliphatic hydroxyl groups is 1. The largest absolute Gasteiger partial charge is 0.507 e. The maximum atomic E-state index is 12.4. The normalized spacial score (nSPS) is 21.5. The maximum Gasteiger partial charge on any atom is 0.410 e. The van der Waals surface area contributed by atoms with Gasteiger partial charge in [-0.05, 0) is 52.7 Å². The van der Waals surface area contributed by atoms with Crippen molar-refractivity contribution in [3.8, 4) is 0 Å². The van der Waals surface area contributed by atoms with Crippen molar-refractivity contribution in [1.29, 1.82) is 0 Å². The molecular formula is C19H26N2O5S. The highest BCUT2D eigenvalue weighted by molar-refractivity contribution is 7.16. The van der Waals surface area contributed by atoms with Crippen LogP contribution in [0.2, 0.25) is 0 Å². The number of nitrogens with zero attached hydrogens (tertiary/aromatic N) is 1. The summed E-state index contributed by atoms with van der Waals surface area (Å²) in [5.41, 5.74) is 0.0733. The number of amides is 1. The molecule has 148 valence electrons. The molecule has 1 atom stereocenters. The van der Waals surface area contributed by atoms with Gasteiger partial charge in [-0.1, -0.05) is 0 Å². The van der Waals surface area contributed by atoms with E-state index in [4.69, 9.17) is 9.47 Å². The quantitative estimate of drug-likeness (QED) is 0.744. The summed E-state index contributed by atoms with van der Waals surface area (Å²) in [6.07, 6.45) is 1.78. The zero-order valence-corrected chi connectivity index (χ0v) is 17.2. The van der Waals surface area contributed by atoms with Crippen LogP contribution in [0.15, 0.2) is 6.08 Å². The minimum absolute atomic E-state index is 0.0718. The molecule has 3 rings (SSSR count). The third-order valence-electron chi connectivity index (χ3n) is 4.46. The van der Waals surface area contributed by atoms with Crippen LogP contribution in [-0.4, -0.2) is 46.4 Å². The zero-order valence-electron chi connectivity index (χ0n) is 16.3. The van der Waals surface area contributed by atoms with Crippen molar-refractivity contribution in [3.63, 3.8) is 0 Å². The molecule has 0 saturated heterocycles. The Balaban J connectivity index is 1.85. The van der Waals surface area contributed by atoms with Crippen molar-refractivity contribution >= 4 is 34.2 Å². The minimum Gasteiger partial charge on any atom is -0.507 e. The molecule has 0 radical (unpaired) electrons. The smallest absolute Gasteiger partial charge is 0.410 e. The Bertz CT molecular complexity index is 808. The Morgan fingerprint density at radius 2 is 2.11 bits per heavy atom. The van der Waals surface area contributed by atoms with E-state index in [9.17, 15) is 14.7 Å². The molecule has 0 saturated carbocycles. The number of hydrogen-bond acceptors (Lipinski definition) is 7. The number of aliphatic hydroxyl groups excluding tert-OH is 1. The average molecular weight is 394 g/mol. The van der Waals surface area contributed by atoms with Gasteiger partial charge in [-0.25, -0.2) is 9.59 Å². The highest BCUT2D eigenvalue weighted by Gasteiger charge is 2.40. The van der Waals surface area contributed by atoms with Crippen LogP contribution in [0.25, 0.3) is 5.76 Å². The molecule has 1 amide bonds. The van der Waals surface area contributed by atoms with E-state index >= 15 is 0 Å². The topological polar surface area (TPSA) is 88.1 Å². The van der Waals surface area contributed by atoms with Crippen LogP contribution in [0.4, 0.5) is 9.80 Å². The number of thiophene rings is 1. The summed E-state index contributed by atoms with van der Waals surface area (Å²) in [6.45, 7) is 10.2. The van der Waals surface area contributed by atoms with E-state index in [1.807, 2.05) is 20.8 Å². The Morgan fingerprint density at radius 3 is 2.74 bits per heavy atom. The van der Waals surface area contributed by atoms with E-state index in [-0.39, 0.29) is 18.5 Å². The number of carbonyl (C=O) groups excluding carboxylic acids is 2. The van der Waals surface area contributed by atoms with Crippen LogP contribution in [-0.2, 0) is 27.2 Å². The molecule has 0 aromatic carbocycles. The van der Waals surface area contributed by atoms with Crippen LogP contribution in [0.5, 0.6) is 0 Å². The van der Waals surface area contributed by atoms with Crippen molar-refractivity contribution in [3.05, 3.63) is 22.1 Å². The molecule has 0 aliphatic carbocycles. The fourth-order valence-corrected chi connectivity index (χ4v) is 4.64. The number of nitrogens with one attached hydrogen (secondary N) is 1. The number of rotatable bonds is 2. The van der Waals surface area contributed by atoms with Crippen LogP contribution >= 0.6 is 11.3 Å². The van der Waals surface area contributed by atoms with Gasteiger partial charge in [0.15, 0.2) is 5.54 Å². The summed E-state index contributed by atoms with van der Waals surface area (Å²) >= 11 is 1.45. The second-order valence-corrected chi connectivity index (χ2v) is 9.04. The van der Waals surface area contributed by atoms with Gasteiger partial charge in [0.05, 0.1) is 18.7 Å². The minimum atomic E-state index is -1.12. The fraction of sp³-hybridized carbons (Fsp3) is 0.579. The van der Waals surface area contributed by atoms with Crippen LogP contribution < -0.4 is 5.32 Å². The number of fused-ring (bicyclic) bond motifs is 3. The lowest BCUT2D eigenvalue weighted by atomic mass is 9.92. The lowest BCUT2D eigenvalue weighted by Crippen LogP contribution is -2.44. The van der Waals surface area contributed by atoms with Crippen LogP contribution in [0.1, 0.15) is 50.6 Å². The Kier molecular flexibility index (Phi) is 4.88. The highest BCUT2D eigenvalue weighted by Crippen LogP contribution is 2.45. The third-order valence-corrected chi connectivity index (χ3v) is 5.59. The van der Waals surface area contributed by atoms with Crippen molar-refractivity contribution in [2.45, 2.75) is 58.7 Å². The second kappa shape index (κ2) is 6.74. The first kappa shape index (κ1) is 19.5. The molecule has 1 aromatic rings. The number of carbonyl (C=O) groups is 2. The average Bonchev–Trinajstić information content (AvgIpc) is 2.90. The SMILES string of the molecule is CCOC(=O)C1(C)C=C(O)c2c(sc3c2CCN(C(=O)OC(C)(C)C)C3)N1. The molecule has 0 spiro atoms. The molecular weight excluding hydrogens is 368 g/mol. The lowest BCUT2D eigenvalue weighted by Gasteiger charge is -2.31. The summed E-state index contributed by atoms with van der Waals surface area (Å²) in [5.74, 6) is -0.369. The highest BCUT2D eigenvalue weighted by atomic mass is 32.1. The fourth-order valence-electron chi connectivity index (χ4n) is 3.25. The molecule has 1 unspecified atom stereocenters. The summed E-state index contributed by atoms with van der Waals surface area (Å²) in [6, 6.07) is 0. The van der Waals surface area contributed by atoms with Crippen molar-refractivity contribution in [2.24, 2.45) is 0 Å². The van der Waals surface area contributed by atoms with Gasteiger partial charge in [0.25, 0.3) is 0 Å². The van der Waals surface area contributed by atoms with E-state index in [1.165, 1.54) is 17.4 Å². The van der Waals surface area contributed by atoms with Gasteiger partial charge in [0, 0.05) is 11.4 Å². The van der Waals surface area contributed by atoms with Gasteiger partial charge >= 0.3 is 12.1 Å². The zero-order chi connectivity index (χ0) is 20.0. The molecule has 3 heterocycles. The molecule has 2 aliphatic heterocycles. The maximum absolute atomic E-state index is 12.4. The lowest BCUT2D eigenvalue weighted by molar-refractivity contribution is -0.146. The van der Waals surface area contributed by atoms with Crippen molar-refractivity contribution in [2.75, 3.05) is 18.5 Å². The summed E-state index contributed by atoms with van der Waals surface area (Å²) in [7, 11) is 0. The van der Waals surface area contributed by atoms with Gasteiger partial charge in [0.2, 0.25) is 0 Å². The third kappa shape index (κ3) is 3.76. The molecule has 7 nitrogen and oxygen atoms in total. The van der Waals surface area contributed by atoms with Crippen LogP contribution in [0.3, 0.4) is 0 Å². The Morgan fingerprint density at radius 1 is 1.41 bits per heavy atom. The van der Waals surface area contributed by atoms with Crippen molar-refractivity contribution in [1.82, 2.24) is 4.90 Å². The second-order valence-electron chi connectivity index (χ2n) is 7.94. The standard InChI is InChI=1S/C19H26N2O5S/c1-6-25-16(23)19(5)9-12(22)14-11-7-8-21(17(24)26-18(2,3)4)10-13(11)27-15(14)20-19/h9,20,22H,6-8,10H2,1-5H3. The van der Waals surface area contributed by atoms with Gasteiger partial charge < -0.3 is 24.8 Å². The molecule has 0 fully saturated rings. The monoisotopic (exact) mass is 394 g/mol. The van der Waals surface area contributed by atoms with Crippen LogP contribution in [0, 0.1) is 0 Å². The number of hydrogen-bond donors (Lipinski definition) is 2. The molecule has 8 heteroatoms. The van der Waals surface area contributed by atoms with Gasteiger partial charge in [-0.2, -0.15) is 0 Å². The predicted octanol–water partition coefficient (Wildman–Crippen LogP) is 3.69.